The molecule has 1 saturated carbocycles. The number of benzene rings is 2. The van der Waals surface area contributed by atoms with Crippen molar-refractivity contribution in [2.24, 2.45) is 11.8 Å². The molecule has 0 unspecified atom stereocenters. The van der Waals surface area contributed by atoms with Crippen LogP contribution in [-0.4, -0.2) is 35.6 Å². The fourth-order valence-electron chi connectivity index (χ4n) is 5.52. The number of esters is 1. The summed E-state index contributed by atoms with van der Waals surface area (Å²) in [5.41, 5.74) is 0. The van der Waals surface area contributed by atoms with Crippen molar-refractivity contribution in [3.63, 3.8) is 0 Å². The van der Waals surface area contributed by atoms with Crippen LogP contribution in [0.4, 0.5) is 0 Å². The number of hydrogen-bond acceptors (Lipinski definition) is 3. The van der Waals surface area contributed by atoms with Crippen LogP contribution < -0.4 is 10.4 Å². The minimum absolute atomic E-state index is 0.0667. The quantitative estimate of drug-likeness (QED) is 0.223. The molecule has 0 amide bonds. The predicted molar refractivity (Wildman–Crippen MR) is 153 cm³/mol. The highest BCUT2D eigenvalue weighted by Gasteiger charge is 2.53. The van der Waals surface area contributed by atoms with Crippen LogP contribution in [0, 0.1) is 11.8 Å². The van der Waals surface area contributed by atoms with E-state index in [-0.39, 0.29) is 28.9 Å². The smallest absolute Gasteiger partial charge is 0.305 e. The Balaban J connectivity index is 2.06. The number of allylic oxidation sites excluding steroid dienone is 1. The van der Waals surface area contributed by atoms with Crippen molar-refractivity contribution in [3.8, 4) is 0 Å². The van der Waals surface area contributed by atoms with Gasteiger partial charge in [0.1, 0.15) is 0 Å². The highest BCUT2D eigenvalue weighted by Crippen LogP contribution is 2.44. The Morgan fingerprint density at radius 1 is 0.943 bits per heavy atom. The van der Waals surface area contributed by atoms with E-state index in [0.717, 1.165) is 18.9 Å². The van der Waals surface area contributed by atoms with E-state index >= 15 is 0 Å². The molecule has 3 rings (SSSR count). The number of carbonyl (C=O) groups excluding carboxylic acids is 1. The molecule has 0 aliphatic heterocycles. The second-order valence-electron chi connectivity index (χ2n) is 12.2. The average Bonchev–Trinajstić information content (AvgIpc) is 3.17. The maximum Gasteiger partial charge on any atom is 0.305 e. The van der Waals surface area contributed by atoms with E-state index in [1.165, 1.54) is 17.5 Å². The Bertz CT molecular complexity index is 935. The van der Waals surface area contributed by atoms with E-state index in [2.05, 4.69) is 113 Å². The summed E-state index contributed by atoms with van der Waals surface area (Å²) in [6.07, 6.45) is 7.23. The minimum atomic E-state index is -2.65. The molecule has 0 N–H and O–H groups in total. The molecule has 0 heterocycles. The van der Waals surface area contributed by atoms with Gasteiger partial charge in [-0.15, -0.1) is 0 Å². The molecule has 2 aromatic carbocycles. The van der Waals surface area contributed by atoms with Crippen molar-refractivity contribution in [1.82, 2.24) is 0 Å². The number of ether oxygens (including phenoxy) is 1. The van der Waals surface area contributed by atoms with Gasteiger partial charge in [-0.25, -0.2) is 0 Å². The summed E-state index contributed by atoms with van der Waals surface area (Å²) >= 11 is 0. The molecule has 1 aliphatic rings. The van der Waals surface area contributed by atoms with Crippen LogP contribution in [0.15, 0.2) is 72.8 Å². The molecule has 0 spiro atoms. The summed E-state index contributed by atoms with van der Waals surface area (Å²) in [5.74, 6) is 0.348. The second-order valence-corrected chi connectivity index (χ2v) is 22.0. The van der Waals surface area contributed by atoms with Crippen LogP contribution in [-0.2, 0) is 14.0 Å². The third kappa shape index (κ3) is 6.63. The van der Waals surface area contributed by atoms with Gasteiger partial charge < -0.3 is 9.16 Å². The van der Waals surface area contributed by atoms with E-state index in [9.17, 15) is 4.79 Å². The number of rotatable bonds is 9. The molecule has 0 radical (unpaired) electrons. The normalized spacial score (nSPS) is 21.4. The summed E-state index contributed by atoms with van der Waals surface area (Å²) in [6, 6.07) is 22.8. The van der Waals surface area contributed by atoms with Crippen LogP contribution in [0.2, 0.25) is 30.7 Å². The Morgan fingerprint density at radius 3 is 1.94 bits per heavy atom. The summed E-state index contributed by atoms with van der Waals surface area (Å²) in [4.78, 5) is 12.3. The first-order valence-corrected chi connectivity index (χ1v) is 18.6. The monoisotopic (exact) mass is 508 g/mol. The summed E-state index contributed by atoms with van der Waals surface area (Å²) in [5, 5.41) is 2.54. The molecular weight excluding hydrogens is 464 g/mol. The van der Waals surface area contributed by atoms with Crippen LogP contribution >= 0.6 is 0 Å². The second kappa shape index (κ2) is 11.4. The fraction of sp³-hybridized carbons (Fsp3) is 0.500. The van der Waals surface area contributed by atoms with Crippen molar-refractivity contribution < 1.29 is 14.0 Å². The zero-order valence-corrected chi connectivity index (χ0v) is 24.7. The topological polar surface area (TPSA) is 35.5 Å². The molecular formula is C30H44O3Si2. The lowest BCUT2D eigenvalue weighted by Crippen LogP contribution is -2.68. The molecule has 0 bridgehead atoms. The molecule has 3 atom stereocenters. The first kappa shape index (κ1) is 27.6. The van der Waals surface area contributed by atoms with E-state index in [4.69, 9.17) is 9.16 Å². The Kier molecular flexibility index (Phi) is 9.00. The van der Waals surface area contributed by atoms with Crippen LogP contribution in [0.25, 0.3) is 0 Å². The maximum absolute atomic E-state index is 12.3. The van der Waals surface area contributed by atoms with Crippen molar-refractivity contribution in [3.05, 3.63) is 72.8 Å². The molecule has 3 nitrogen and oxygen atoms in total. The van der Waals surface area contributed by atoms with Crippen molar-refractivity contribution in [2.45, 2.75) is 76.9 Å². The van der Waals surface area contributed by atoms with Gasteiger partial charge in [0.15, 0.2) is 0 Å². The van der Waals surface area contributed by atoms with Gasteiger partial charge in [-0.2, -0.15) is 0 Å². The highest BCUT2D eigenvalue weighted by atomic mass is 28.4. The first-order valence-electron chi connectivity index (χ1n) is 13.0. The van der Waals surface area contributed by atoms with Crippen molar-refractivity contribution in [2.75, 3.05) is 7.11 Å². The maximum atomic E-state index is 12.3. The molecule has 0 saturated heterocycles. The SMILES string of the molecule is COC(=O)C[C@@H]1CC[C@@H](O[Si](c2ccccc2)(c2ccccc2)C(C)(C)C)[C@@H]1/C=C/C[Si](C)(C)C. The number of carbonyl (C=O) groups is 1. The van der Waals surface area contributed by atoms with E-state index in [0.29, 0.717) is 6.42 Å². The van der Waals surface area contributed by atoms with Gasteiger partial charge in [-0.3, -0.25) is 4.79 Å². The van der Waals surface area contributed by atoms with Gasteiger partial charge in [0.05, 0.1) is 13.2 Å². The van der Waals surface area contributed by atoms with E-state index in [1.807, 2.05) is 0 Å². The Morgan fingerprint density at radius 2 is 1.49 bits per heavy atom. The lowest BCUT2D eigenvalue weighted by Gasteiger charge is -2.45. The van der Waals surface area contributed by atoms with Crippen molar-refractivity contribution in [1.29, 1.82) is 0 Å². The van der Waals surface area contributed by atoms with E-state index < -0.39 is 16.4 Å². The Hall–Kier alpha value is -1.96. The molecule has 1 fully saturated rings. The molecule has 5 heteroatoms. The molecule has 1 aliphatic carbocycles. The average molecular weight is 509 g/mol. The first-order chi connectivity index (χ1) is 16.5. The lowest BCUT2D eigenvalue weighted by molar-refractivity contribution is -0.141. The third-order valence-corrected chi connectivity index (χ3v) is 13.8. The summed E-state index contributed by atoms with van der Waals surface area (Å²) < 4.78 is 12.6. The van der Waals surface area contributed by atoms with Crippen LogP contribution in [0.1, 0.15) is 40.0 Å². The highest BCUT2D eigenvalue weighted by molar-refractivity contribution is 6.99. The standard InChI is InChI=1S/C30H44O3Si2/c1-30(2,3)35(25-15-10-8-11-16-25,26-17-12-9-13-18-26)33-28-21-20-24(23-29(31)32-4)27(28)19-14-22-34(5,6)7/h8-19,24,27-28H,20-23H2,1-7H3/b19-14+/t24-,27+,28+/m0/s1. The third-order valence-electron chi connectivity index (χ3n) is 7.29. The Labute approximate surface area is 215 Å². The van der Waals surface area contributed by atoms with Gasteiger partial charge in [0, 0.05) is 20.4 Å². The minimum Gasteiger partial charge on any atom is -0.469 e. The van der Waals surface area contributed by atoms with Crippen LogP contribution in [0.3, 0.4) is 0 Å². The molecule has 190 valence electrons. The van der Waals surface area contributed by atoms with Crippen LogP contribution in [0.5, 0.6) is 0 Å². The number of hydrogen-bond donors (Lipinski definition) is 0. The van der Waals surface area contributed by atoms with Gasteiger partial charge >= 0.3 is 5.97 Å². The zero-order chi connectivity index (χ0) is 25.7. The van der Waals surface area contributed by atoms with Crippen molar-refractivity contribution >= 4 is 32.7 Å². The molecule has 35 heavy (non-hydrogen) atoms. The van der Waals surface area contributed by atoms with Gasteiger partial charge in [0.2, 0.25) is 0 Å². The van der Waals surface area contributed by atoms with E-state index in [1.54, 1.807) is 0 Å². The zero-order valence-electron chi connectivity index (χ0n) is 22.7. The fourth-order valence-corrected chi connectivity index (χ4v) is 11.1. The van der Waals surface area contributed by atoms with Gasteiger partial charge in [-0.1, -0.05) is 113 Å². The molecule has 0 aromatic heterocycles. The molecule has 2 aromatic rings. The van der Waals surface area contributed by atoms with Gasteiger partial charge in [0.25, 0.3) is 8.32 Å². The van der Waals surface area contributed by atoms with Gasteiger partial charge in [-0.05, 0) is 40.2 Å². The number of methoxy groups -OCH3 is 1. The predicted octanol–water partition coefficient (Wildman–Crippen LogP) is 6.42. The lowest BCUT2D eigenvalue weighted by atomic mass is 9.91. The summed E-state index contributed by atoms with van der Waals surface area (Å²) in [7, 11) is -2.37. The largest absolute Gasteiger partial charge is 0.469 e. The summed E-state index contributed by atoms with van der Waals surface area (Å²) in [6.45, 7) is 14.2.